The molecule has 0 fully saturated rings. The van der Waals surface area contributed by atoms with E-state index >= 15 is 0 Å². The van der Waals surface area contributed by atoms with Gasteiger partial charge in [-0.1, -0.05) is 80.6 Å². The third-order valence-electron chi connectivity index (χ3n) is 6.84. The van der Waals surface area contributed by atoms with Crippen LogP contribution in [-0.2, 0) is 12.8 Å². The summed E-state index contributed by atoms with van der Waals surface area (Å²) in [7, 11) is -6.00. The first kappa shape index (κ1) is 25.7. The lowest BCUT2D eigenvalue weighted by Gasteiger charge is -2.26. The topological polar surface area (TPSA) is 3.88 Å². The van der Waals surface area contributed by atoms with Gasteiger partial charge in [0.25, 0.3) is 0 Å². The van der Waals surface area contributed by atoms with Crippen molar-refractivity contribution in [2.45, 2.75) is 39.7 Å². The molecule has 0 bridgehead atoms. The van der Waals surface area contributed by atoms with Gasteiger partial charge in [-0.15, -0.1) is 0 Å². The summed E-state index contributed by atoms with van der Waals surface area (Å²) in [5, 5.41) is 0. The molecule has 1 aliphatic rings. The Morgan fingerprint density at radius 2 is 1.19 bits per heavy atom. The molecule has 0 N–H and O–H groups in total. The summed E-state index contributed by atoms with van der Waals surface area (Å²) < 4.78 is 41.6. The normalized spacial score (nSPS) is 13.3. The summed E-state index contributed by atoms with van der Waals surface area (Å²) >= 11 is 0. The third kappa shape index (κ3) is 5.70. The van der Waals surface area contributed by atoms with Crippen LogP contribution < -0.4 is 4.57 Å². The Morgan fingerprint density at radius 1 is 0.667 bits per heavy atom. The van der Waals surface area contributed by atoms with Gasteiger partial charge in [-0.3, -0.25) is 0 Å². The molecule has 1 aliphatic carbocycles. The first-order chi connectivity index (χ1) is 17.1. The number of hydrogen-bond acceptors (Lipinski definition) is 0. The quantitative estimate of drug-likeness (QED) is 0.153. The molecule has 1 nitrogen and oxygen atoms in total. The predicted octanol–water partition coefficient (Wildman–Crippen LogP) is 8.59. The minimum absolute atomic E-state index is 0.389. The van der Waals surface area contributed by atoms with Crippen LogP contribution in [0.1, 0.15) is 37.9 Å². The Hall–Kier alpha value is -3.41. The van der Waals surface area contributed by atoms with Crippen molar-refractivity contribution in [1.29, 1.82) is 0 Å². The molecule has 1 atom stereocenters. The molecule has 36 heavy (non-hydrogen) atoms. The molecule has 3 aromatic carbocycles. The lowest BCUT2D eigenvalue weighted by atomic mass is 9.83. The number of hydrogen-bond donors (Lipinski definition) is 0. The Kier molecular flexibility index (Phi) is 7.63. The van der Waals surface area contributed by atoms with Crippen molar-refractivity contribution in [3.8, 4) is 33.6 Å². The molecular weight excluding hydrogens is 461 g/mol. The van der Waals surface area contributed by atoms with Gasteiger partial charge in [0.2, 0.25) is 11.4 Å². The van der Waals surface area contributed by atoms with Crippen LogP contribution in [-0.4, -0.2) is 7.25 Å². The van der Waals surface area contributed by atoms with E-state index in [0.717, 1.165) is 12.8 Å². The maximum Gasteiger partial charge on any atom is 0.673 e. The molecule has 5 rings (SSSR count). The lowest BCUT2D eigenvalue weighted by molar-refractivity contribution is -0.705. The van der Waals surface area contributed by atoms with Crippen molar-refractivity contribution in [3.63, 3.8) is 0 Å². The molecule has 0 saturated carbocycles. The Labute approximate surface area is 210 Å². The van der Waals surface area contributed by atoms with Crippen LogP contribution in [0.25, 0.3) is 33.6 Å². The zero-order chi connectivity index (χ0) is 25.9. The number of halogens is 4. The third-order valence-corrected chi connectivity index (χ3v) is 6.84. The van der Waals surface area contributed by atoms with Crippen molar-refractivity contribution < 1.29 is 21.8 Å². The molecule has 0 saturated heterocycles. The van der Waals surface area contributed by atoms with Gasteiger partial charge in [0.15, 0.2) is 6.04 Å². The second kappa shape index (κ2) is 10.7. The van der Waals surface area contributed by atoms with Gasteiger partial charge in [-0.25, -0.2) is 0 Å². The average Bonchev–Trinajstić information content (AvgIpc) is 2.87. The Bertz CT molecular complexity index is 1310. The number of pyridine rings is 1. The maximum absolute atomic E-state index is 9.75. The summed E-state index contributed by atoms with van der Waals surface area (Å²) in [5.41, 5.74) is 11.0. The predicted molar refractivity (Wildman–Crippen MR) is 140 cm³/mol. The number of benzene rings is 3. The number of rotatable bonds is 4. The van der Waals surface area contributed by atoms with Gasteiger partial charge in [-0.05, 0) is 54.7 Å². The maximum atomic E-state index is 9.75. The zero-order valence-corrected chi connectivity index (χ0v) is 20.8. The highest BCUT2D eigenvalue weighted by Crippen LogP contribution is 2.40. The molecular formula is C30H30BF4N. The van der Waals surface area contributed by atoms with Crippen molar-refractivity contribution in [2.75, 3.05) is 0 Å². The van der Waals surface area contributed by atoms with Crippen molar-refractivity contribution >= 4 is 7.25 Å². The van der Waals surface area contributed by atoms with E-state index in [4.69, 9.17) is 0 Å². The lowest BCUT2D eigenvalue weighted by Crippen LogP contribution is -2.46. The largest absolute Gasteiger partial charge is 0.673 e. The SMILES string of the molecule is CC(C)C(C)[n+]1c(-c2ccccc2)cc(-c2ccccc2)c2c1-c1ccccc1CC2.F[B-](F)(F)F. The smallest absolute Gasteiger partial charge is 0.418 e. The first-order valence-corrected chi connectivity index (χ1v) is 12.3. The molecule has 1 unspecified atom stereocenters. The minimum Gasteiger partial charge on any atom is -0.418 e. The van der Waals surface area contributed by atoms with E-state index in [1.807, 2.05) is 0 Å². The fourth-order valence-corrected chi connectivity index (χ4v) is 4.89. The van der Waals surface area contributed by atoms with E-state index in [1.165, 1.54) is 44.8 Å². The van der Waals surface area contributed by atoms with Crippen LogP contribution in [0.2, 0.25) is 0 Å². The highest BCUT2D eigenvalue weighted by atomic mass is 19.5. The van der Waals surface area contributed by atoms with E-state index in [1.54, 1.807) is 0 Å². The monoisotopic (exact) mass is 491 g/mol. The highest BCUT2D eigenvalue weighted by Gasteiger charge is 2.35. The molecule has 186 valence electrons. The molecule has 0 radical (unpaired) electrons. The summed E-state index contributed by atoms with van der Waals surface area (Å²) in [6, 6.07) is 33.6. The van der Waals surface area contributed by atoms with E-state index in [9.17, 15) is 17.3 Å². The van der Waals surface area contributed by atoms with Crippen molar-refractivity contribution in [3.05, 3.63) is 102 Å². The van der Waals surface area contributed by atoms with Gasteiger partial charge in [0.1, 0.15) is 0 Å². The van der Waals surface area contributed by atoms with Crippen LogP contribution in [0.3, 0.4) is 0 Å². The van der Waals surface area contributed by atoms with E-state index in [2.05, 4.69) is 116 Å². The first-order valence-electron chi connectivity index (χ1n) is 12.3. The van der Waals surface area contributed by atoms with E-state index in [-0.39, 0.29) is 0 Å². The minimum atomic E-state index is -6.00. The fourth-order valence-electron chi connectivity index (χ4n) is 4.89. The van der Waals surface area contributed by atoms with Crippen LogP contribution in [0.4, 0.5) is 17.3 Å². The summed E-state index contributed by atoms with van der Waals surface area (Å²) in [6.45, 7) is 7.04. The second-order valence-electron chi connectivity index (χ2n) is 9.51. The zero-order valence-electron chi connectivity index (χ0n) is 20.8. The number of fused-ring (bicyclic) bond motifs is 3. The Morgan fingerprint density at radius 3 is 1.78 bits per heavy atom. The van der Waals surface area contributed by atoms with Crippen LogP contribution in [0.15, 0.2) is 91.0 Å². The van der Waals surface area contributed by atoms with Crippen LogP contribution in [0, 0.1) is 5.92 Å². The number of aromatic nitrogens is 1. The fraction of sp³-hybridized carbons (Fsp3) is 0.233. The number of nitrogens with zero attached hydrogens (tertiary/aromatic N) is 1. The molecule has 4 aromatic rings. The Balaban J connectivity index is 0.000000556. The van der Waals surface area contributed by atoms with Gasteiger partial charge < -0.3 is 17.3 Å². The van der Waals surface area contributed by atoms with Gasteiger partial charge in [-0.2, -0.15) is 4.57 Å². The average molecular weight is 491 g/mol. The highest BCUT2D eigenvalue weighted by molar-refractivity contribution is 6.50. The molecule has 0 spiro atoms. The van der Waals surface area contributed by atoms with E-state index in [0.29, 0.717) is 12.0 Å². The van der Waals surface area contributed by atoms with Gasteiger partial charge in [0, 0.05) is 28.7 Å². The van der Waals surface area contributed by atoms with Crippen LogP contribution >= 0.6 is 0 Å². The van der Waals surface area contributed by atoms with Crippen LogP contribution in [0.5, 0.6) is 0 Å². The second-order valence-corrected chi connectivity index (χ2v) is 9.51. The molecule has 1 heterocycles. The van der Waals surface area contributed by atoms with Crippen molar-refractivity contribution in [2.24, 2.45) is 5.92 Å². The molecule has 0 amide bonds. The summed E-state index contributed by atoms with van der Waals surface area (Å²) in [6.07, 6.45) is 2.18. The number of aryl methyl sites for hydroxylation is 1. The van der Waals surface area contributed by atoms with Gasteiger partial charge in [0.05, 0.1) is 0 Å². The van der Waals surface area contributed by atoms with Gasteiger partial charge >= 0.3 is 7.25 Å². The molecule has 1 aromatic heterocycles. The molecule has 0 aliphatic heterocycles. The van der Waals surface area contributed by atoms with Crippen molar-refractivity contribution in [1.82, 2.24) is 0 Å². The standard InChI is InChI=1S/C30H30N.BF4/c1-21(2)22(3)31-29(25-15-8-5-9-16-25)20-28(23-12-6-4-7-13-23)27-19-18-24-14-10-11-17-26(24)30(27)31;2-1(3,4)5/h4-17,20-22H,18-19H2,1-3H3;/q+1;-1. The summed E-state index contributed by atoms with van der Waals surface area (Å²) in [4.78, 5) is 0. The van der Waals surface area contributed by atoms with E-state index < -0.39 is 7.25 Å². The molecule has 6 heteroatoms. The summed E-state index contributed by atoms with van der Waals surface area (Å²) in [5.74, 6) is 0.535.